The average molecular weight is 390 g/mol. The van der Waals surface area contributed by atoms with E-state index in [1.807, 2.05) is 0 Å². The van der Waals surface area contributed by atoms with Crippen molar-refractivity contribution in [3.05, 3.63) is 91.0 Å². The van der Waals surface area contributed by atoms with Crippen molar-refractivity contribution in [2.45, 2.75) is 14.7 Å². The van der Waals surface area contributed by atoms with Gasteiger partial charge in [0, 0.05) is 0 Å². The Balaban J connectivity index is 0.000000197. The Kier molecular flexibility index (Phi) is 6.64. The molecule has 0 amide bonds. The number of nitrogens with one attached hydrogen (secondary N) is 1. The van der Waals surface area contributed by atoms with Crippen LogP contribution < -0.4 is 10.7 Å². The third kappa shape index (κ3) is 4.99. The Labute approximate surface area is 153 Å². The molecule has 0 aromatic heterocycles. The summed E-state index contributed by atoms with van der Waals surface area (Å²) < 4.78 is 46.0. The Bertz CT molecular complexity index is 977. The number of sulfone groups is 1. The molecule has 0 radical (unpaired) electrons. The van der Waals surface area contributed by atoms with Crippen LogP contribution in [0.25, 0.3) is 0 Å². The van der Waals surface area contributed by atoms with Crippen molar-refractivity contribution in [3.63, 3.8) is 0 Å². The Morgan fingerprint density at radius 2 is 0.846 bits per heavy atom. The predicted molar refractivity (Wildman–Crippen MR) is 99.3 cm³/mol. The quantitative estimate of drug-likeness (QED) is 0.525. The number of nitrogens with two attached hydrogens (primary N) is 1. The summed E-state index contributed by atoms with van der Waals surface area (Å²) >= 11 is 0. The third-order valence-electron chi connectivity index (χ3n) is 3.32. The van der Waals surface area contributed by atoms with Crippen molar-refractivity contribution in [3.8, 4) is 0 Å². The minimum atomic E-state index is -3.47. The second kappa shape index (κ2) is 8.72. The fourth-order valence-electron chi connectivity index (χ4n) is 2.00. The summed E-state index contributed by atoms with van der Waals surface area (Å²) in [5.74, 6) is 4.80. The van der Waals surface area contributed by atoms with E-state index in [0.29, 0.717) is 9.79 Å². The van der Waals surface area contributed by atoms with Gasteiger partial charge in [-0.05, 0) is 36.4 Å². The van der Waals surface area contributed by atoms with Crippen molar-refractivity contribution in [1.29, 1.82) is 0 Å². The first-order chi connectivity index (χ1) is 12.4. The maximum Gasteiger partial charge on any atom is 0.253 e. The molecule has 0 fully saturated rings. The molecule has 0 spiro atoms. The van der Waals surface area contributed by atoms with Crippen LogP contribution in [0.4, 0.5) is 0 Å². The molecule has 3 rings (SSSR count). The van der Waals surface area contributed by atoms with Crippen molar-refractivity contribution >= 4 is 19.9 Å². The van der Waals surface area contributed by atoms with Crippen molar-refractivity contribution in [1.82, 2.24) is 4.83 Å². The molecule has 0 atom stereocenters. The summed E-state index contributed by atoms with van der Waals surface area (Å²) in [5.41, 5.74) is 0. The lowest BCUT2D eigenvalue weighted by Gasteiger charge is -2.03. The summed E-state index contributed by atoms with van der Waals surface area (Å²) in [6.45, 7) is 0. The van der Waals surface area contributed by atoms with Gasteiger partial charge in [-0.2, -0.15) is 4.83 Å². The van der Waals surface area contributed by atoms with Crippen molar-refractivity contribution < 1.29 is 16.8 Å². The van der Waals surface area contributed by atoms with E-state index in [0.717, 1.165) is 0 Å². The monoisotopic (exact) mass is 390 g/mol. The zero-order valence-corrected chi connectivity index (χ0v) is 15.3. The highest BCUT2D eigenvalue weighted by molar-refractivity contribution is 7.91. The lowest BCUT2D eigenvalue weighted by atomic mass is 10.4. The third-order valence-corrected chi connectivity index (χ3v) is 6.30. The summed E-state index contributed by atoms with van der Waals surface area (Å²) in [5, 5.41) is 0. The van der Waals surface area contributed by atoms with E-state index in [4.69, 9.17) is 5.84 Å². The van der Waals surface area contributed by atoms with Gasteiger partial charge >= 0.3 is 0 Å². The molecule has 0 aliphatic carbocycles. The molecule has 0 unspecified atom stereocenters. The largest absolute Gasteiger partial charge is 0.257 e. The highest BCUT2D eigenvalue weighted by Crippen LogP contribution is 2.19. The summed E-state index contributed by atoms with van der Waals surface area (Å²) in [7, 11) is -6.81. The SMILES string of the molecule is NNS(=O)(=O)c1ccccc1.O=S(=O)(c1ccccc1)c1ccccc1. The van der Waals surface area contributed by atoms with Crippen LogP contribution in [0.2, 0.25) is 0 Å². The molecule has 8 heteroatoms. The van der Waals surface area contributed by atoms with Crippen LogP contribution in [-0.2, 0) is 19.9 Å². The molecule has 136 valence electrons. The Morgan fingerprint density at radius 1 is 0.538 bits per heavy atom. The number of benzene rings is 3. The standard InChI is InChI=1S/C12H10O2S.C6H8N2O2S/c13-15(14,11-7-3-1-4-8-11)12-9-5-2-6-10-12;7-8-11(9,10)6-4-2-1-3-5-6/h1-10H;1-5,8H,7H2. The maximum absolute atomic E-state index is 12.0. The van der Waals surface area contributed by atoms with Crippen LogP contribution >= 0.6 is 0 Å². The molecule has 0 saturated carbocycles. The first-order valence-electron chi connectivity index (χ1n) is 7.50. The van der Waals surface area contributed by atoms with Gasteiger partial charge < -0.3 is 0 Å². The lowest BCUT2D eigenvalue weighted by Crippen LogP contribution is -2.30. The van der Waals surface area contributed by atoms with Gasteiger partial charge in [-0.25, -0.2) is 16.8 Å². The van der Waals surface area contributed by atoms with Crippen molar-refractivity contribution in [2.24, 2.45) is 5.84 Å². The fraction of sp³-hybridized carbons (Fsp3) is 0. The first kappa shape index (κ1) is 19.8. The van der Waals surface area contributed by atoms with Crippen LogP contribution in [0.3, 0.4) is 0 Å². The molecule has 0 heterocycles. The van der Waals surface area contributed by atoms with Gasteiger partial charge in [0.2, 0.25) is 9.84 Å². The van der Waals surface area contributed by atoms with Crippen LogP contribution in [0.15, 0.2) is 106 Å². The van der Waals surface area contributed by atoms with Crippen LogP contribution in [0, 0.1) is 0 Å². The van der Waals surface area contributed by atoms with Crippen LogP contribution in [0.1, 0.15) is 0 Å². The van der Waals surface area contributed by atoms with Gasteiger partial charge in [-0.1, -0.05) is 54.6 Å². The van der Waals surface area contributed by atoms with Gasteiger partial charge in [0.05, 0.1) is 14.7 Å². The number of rotatable bonds is 4. The van der Waals surface area contributed by atoms with Gasteiger partial charge in [0.1, 0.15) is 0 Å². The number of hydrazine groups is 1. The molecule has 0 aliphatic rings. The van der Waals surface area contributed by atoms with E-state index in [-0.39, 0.29) is 4.90 Å². The molecule has 3 aromatic carbocycles. The fourth-order valence-corrected chi connectivity index (χ4v) is 3.96. The summed E-state index contributed by atoms with van der Waals surface area (Å²) in [6, 6.07) is 24.8. The summed E-state index contributed by atoms with van der Waals surface area (Å²) in [4.78, 5) is 2.56. The second-order valence-corrected chi connectivity index (χ2v) is 8.73. The topological polar surface area (TPSA) is 106 Å². The second-order valence-electron chi connectivity index (χ2n) is 5.06. The van der Waals surface area contributed by atoms with E-state index in [2.05, 4.69) is 0 Å². The highest BCUT2D eigenvalue weighted by atomic mass is 32.2. The predicted octanol–water partition coefficient (Wildman–Crippen LogP) is 2.36. The number of sulfonamides is 1. The smallest absolute Gasteiger partial charge is 0.253 e. The van der Waals surface area contributed by atoms with Gasteiger partial charge in [-0.3, -0.25) is 5.84 Å². The Morgan fingerprint density at radius 3 is 1.15 bits per heavy atom. The average Bonchev–Trinajstić information content (AvgIpc) is 2.70. The lowest BCUT2D eigenvalue weighted by molar-refractivity contribution is 0.584. The molecule has 6 nitrogen and oxygen atoms in total. The van der Waals surface area contributed by atoms with E-state index < -0.39 is 19.9 Å². The maximum atomic E-state index is 12.0. The zero-order chi connectivity index (χ0) is 19.0. The van der Waals surface area contributed by atoms with E-state index in [1.165, 1.54) is 12.1 Å². The van der Waals surface area contributed by atoms with Gasteiger partial charge in [0.15, 0.2) is 0 Å². The van der Waals surface area contributed by atoms with E-state index in [1.54, 1.807) is 83.7 Å². The van der Waals surface area contributed by atoms with Crippen LogP contribution in [0.5, 0.6) is 0 Å². The first-order valence-corrected chi connectivity index (χ1v) is 10.5. The molecule has 3 aromatic rings. The highest BCUT2D eigenvalue weighted by Gasteiger charge is 2.15. The summed E-state index contributed by atoms with van der Waals surface area (Å²) in [6.07, 6.45) is 0. The molecular formula is C18H18N2O4S2. The molecule has 26 heavy (non-hydrogen) atoms. The van der Waals surface area contributed by atoms with Gasteiger partial charge in [-0.15, -0.1) is 0 Å². The number of hydrogen-bond donors (Lipinski definition) is 2. The molecule has 0 bridgehead atoms. The molecular weight excluding hydrogens is 372 g/mol. The molecule has 0 saturated heterocycles. The Hall–Kier alpha value is -2.52. The zero-order valence-electron chi connectivity index (χ0n) is 13.7. The normalized spacial score (nSPS) is 11.3. The van der Waals surface area contributed by atoms with Crippen molar-refractivity contribution in [2.75, 3.05) is 0 Å². The van der Waals surface area contributed by atoms with E-state index in [9.17, 15) is 16.8 Å². The minimum absolute atomic E-state index is 0.169. The van der Waals surface area contributed by atoms with E-state index >= 15 is 0 Å². The number of hydrogen-bond acceptors (Lipinski definition) is 5. The minimum Gasteiger partial charge on any atom is -0.257 e. The molecule has 3 N–H and O–H groups in total. The molecule has 0 aliphatic heterocycles. The van der Waals surface area contributed by atoms with Gasteiger partial charge in [0.25, 0.3) is 10.0 Å². The van der Waals surface area contributed by atoms with Crippen LogP contribution in [-0.4, -0.2) is 16.8 Å².